The lowest BCUT2D eigenvalue weighted by atomic mass is 10.2. The number of benzene rings is 2. The van der Waals surface area contributed by atoms with Gasteiger partial charge in [-0.3, -0.25) is 4.79 Å². The van der Waals surface area contributed by atoms with E-state index in [2.05, 4.69) is 5.32 Å². The Morgan fingerprint density at radius 1 is 1.13 bits per heavy atom. The van der Waals surface area contributed by atoms with Gasteiger partial charge in [0.15, 0.2) is 9.84 Å². The van der Waals surface area contributed by atoms with E-state index in [1.165, 1.54) is 0 Å². The van der Waals surface area contributed by atoms with Crippen LogP contribution in [-0.4, -0.2) is 26.6 Å². The molecule has 4 nitrogen and oxygen atoms in total. The fourth-order valence-corrected chi connectivity index (χ4v) is 4.43. The average molecular weight is 464 g/mol. The first kappa shape index (κ1) is 18.2. The summed E-state index contributed by atoms with van der Waals surface area (Å²) < 4.78 is 25.0. The number of halogens is 2. The van der Waals surface area contributed by atoms with Crippen LogP contribution >= 0.6 is 34.2 Å². The molecule has 2 aromatic rings. The van der Waals surface area contributed by atoms with Gasteiger partial charge in [0.1, 0.15) is 0 Å². The van der Waals surface area contributed by atoms with Crippen molar-refractivity contribution >= 4 is 49.9 Å². The topological polar surface area (TPSA) is 63.2 Å². The van der Waals surface area contributed by atoms with Crippen molar-refractivity contribution in [2.45, 2.75) is 11.3 Å². The summed E-state index contributed by atoms with van der Waals surface area (Å²) in [5, 5.41) is 3.30. The maximum Gasteiger partial charge on any atom is 0.252 e. The Kier molecular flexibility index (Phi) is 6.43. The van der Waals surface area contributed by atoms with Gasteiger partial charge >= 0.3 is 0 Å². The smallest absolute Gasteiger partial charge is 0.252 e. The second kappa shape index (κ2) is 8.12. The molecule has 0 heterocycles. The highest BCUT2D eigenvalue weighted by Gasteiger charge is 2.14. The molecule has 0 unspecified atom stereocenters. The van der Waals surface area contributed by atoms with E-state index >= 15 is 0 Å². The summed E-state index contributed by atoms with van der Waals surface area (Å²) in [4.78, 5) is 12.4. The molecule has 2 rings (SSSR count). The van der Waals surface area contributed by atoms with Crippen LogP contribution in [0, 0.1) is 3.57 Å². The van der Waals surface area contributed by atoms with Crippen molar-refractivity contribution in [2.75, 3.05) is 12.3 Å². The third-order valence-electron chi connectivity index (χ3n) is 3.15. The predicted octanol–water partition coefficient (Wildman–Crippen LogP) is 3.54. The number of carbonyl (C=O) groups excluding carboxylic acids is 1. The van der Waals surface area contributed by atoms with Crippen LogP contribution in [0.5, 0.6) is 0 Å². The van der Waals surface area contributed by atoms with Crippen LogP contribution in [-0.2, 0) is 9.84 Å². The van der Waals surface area contributed by atoms with Crippen molar-refractivity contribution < 1.29 is 13.2 Å². The van der Waals surface area contributed by atoms with E-state index in [9.17, 15) is 13.2 Å². The average Bonchev–Trinajstić information content (AvgIpc) is 2.52. The molecule has 1 amide bonds. The maximum atomic E-state index is 12.1. The monoisotopic (exact) mass is 463 g/mol. The molecule has 2 aromatic carbocycles. The molecule has 0 saturated heterocycles. The second-order valence-corrected chi connectivity index (χ2v) is 8.57. The second-order valence-electron chi connectivity index (χ2n) is 4.87. The van der Waals surface area contributed by atoms with E-state index in [1.807, 2.05) is 22.6 Å². The molecular weight excluding hydrogens is 449 g/mol. The van der Waals surface area contributed by atoms with Crippen LogP contribution in [0.25, 0.3) is 0 Å². The van der Waals surface area contributed by atoms with E-state index in [-0.39, 0.29) is 11.7 Å². The Morgan fingerprint density at radius 3 is 2.48 bits per heavy atom. The number of rotatable bonds is 6. The van der Waals surface area contributed by atoms with Crippen LogP contribution < -0.4 is 5.32 Å². The number of sulfone groups is 1. The molecule has 7 heteroatoms. The van der Waals surface area contributed by atoms with Gasteiger partial charge in [0.25, 0.3) is 5.91 Å². The highest BCUT2D eigenvalue weighted by atomic mass is 127. The Morgan fingerprint density at radius 2 is 1.83 bits per heavy atom. The molecule has 0 bridgehead atoms. The van der Waals surface area contributed by atoms with E-state index in [0.29, 0.717) is 28.4 Å². The van der Waals surface area contributed by atoms with Gasteiger partial charge < -0.3 is 5.32 Å². The molecule has 0 atom stereocenters. The minimum Gasteiger partial charge on any atom is -0.352 e. The molecule has 0 aliphatic heterocycles. The Hall–Kier alpha value is -1.12. The van der Waals surface area contributed by atoms with Crippen molar-refractivity contribution in [2.24, 2.45) is 0 Å². The highest BCUT2D eigenvalue weighted by molar-refractivity contribution is 14.1. The standard InChI is InChI=1S/C16H15ClINO3S/c17-12-7-8-14(15(18)11-12)16(20)19-9-4-10-23(21,22)13-5-2-1-3-6-13/h1-3,5-8,11H,4,9-10H2,(H,19,20). The van der Waals surface area contributed by atoms with Crippen LogP contribution in [0.15, 0.2) is 53.4 Å². The molecule has 23 heavy (non-hydrogen) atoms. The minimum absolute atomic E-state index is 0.00496. The van der Waals surface area contributed by atoms with Crippen molar-refractivity contribution in [3.8, 4) is 0 Å². The predicted molar refractivity (Wildman–Crippen MR) is 99.6 cm³/mol. The number of amides is 1. The van der Waals surface area contributed by atoms with Crippen molar-refractivity contribution in [3.05, 3.63) is 62.7 Å². The molecule has 0 aromatic heterocycles. The largest absolute Gasteiger partial charge is 0.352 e. The summed E-state index contributed by atoms with van der Waals surface area (Å²) in [6.07, 6.45) is 0.354. The molecule has 0 radical (unpaired) electrons. The zero-order valence-corrected chi connectivity index (χ0v) is 15.9. The van der Waals surface area contributed by atoms with Gasteiger partial charge in [-0.2, -0.15) is 0 Å². The Labute approximate surface area is 154 Å². The fourth-order valence-electron chi connectivity index (χ4n) is 1.98. The van der Waals surface area contributed by atoms with E-state index in [0.717, 1.165) is 3.57 Å². The minimum atomic E-state index is -3.31. The Bertz CT molecular complexity index is 794. The number of nitrogens with one attached hydrogen (secondary N) is 1. The molecule has 0 aliphatic rings. The highest BCUT2D eigenvalue weighted by Crippen LogP contribution is 2.18. The zero-order chi connectivity index (χ0) is 16.9. The van der Waals surface area contributed by atoms with Gasteiger partial charge in [-0.1, -0.05) is 29.8 Å². The van der Waals surface area contributed by atoms with E-state index in [1.54, 1.807) is 48.5 Å². The molecule has 0 aliphatic carbocycles. The molecule has 0 fully saturated rings. The van der Waals surface area contributed by atoms with Gasteiger partial charge in [-0.15, -0.1) is 0 Å². The lowest BCUT2D eigenvalue weighted by Crippen LogP contribution is -2.26. The molecule has 0 spiro atoms. The SMILES string of the molecule is O=C(NCCCS(=O)(=O)c1ccccc1)c1ccc(Cl)cc1I. The normalized spacial score (nSPS) is 11.2. The summed E-state index contributed by atoms with van der Waals surface area (Å²) in [6, 6.07) is 13.3. The summed E-state index contributed by atoms with van der Waals surface area (Å²) in [5.41, 5.74) is 0.529. The van der Waals surface area contributed by atoms with Crippen molar-refractivity contribution in [1.29, 1.82) is 0 Å². The molecule has 0 saturated carbocycles. The third kappa shape index (κ3) is 5.19. The first-order chi connectivity index (χ1) is 10.9. The van der Waals surface area contributed by atoms with Gasteiger partial charge in [-0.25, -0.2) is 8.42 Å². The summed E-state index contributed by atoms with van der Waals surface area (Å²) >= 11 is 7.90. The third-order valence-corrected chi connectivity index (χ3v) is 6.10. The van der Waals surface area contributed by atoms with Crippen LogP contribution in [0.2, 0.25) is 5.02 Å². The first-order valence-electron chi connectivity index (χ1n) is 6.91. The van der Waals surface area contributed by atoms with Crippen molar-refractivity contribution in [3.63, 3.8) is 0 Å². The lowest BCUT2D eigenvalue weighted by Gasteiger charge is -2.08. The van der Waals surface area contributed by atoms with Crippen LogP contribution in [0.3, 0.4) is 0 Å². The van der Waals surface area contributed by atoms with E-state index in [4.69, 9.17) is 11.6 Å². The van der Waals surface area contributed by atoms with Crippen LogP contribution in [0.4, 0.5) is 0 Å². The van der Waals surface area contributed by atoms with Gasteiger partial charge in [0.05, 0.1) is 16.2 Å². The van der Waals surface area contributed by atoms with Gasteiger partial charge in [0.2, 0.25) is 0 Å². The fraction of sp³-hybridized carbons (Fsp3) is 0.188. The lowest BCUT2D eigenvalue weighted by molar-refractivity contribution is 0.0953. The quantitative estimate of drug-likeness (QED) is 0.526. The number of hydrogen-bond donors (Lipinski definition) is 1. The van der Waals surface area contributed by atoms with Gasteiger partial charge in [-0.05, 0) is 59.3 Å². The van der Waals surface area contributed by atoms with E-state index < -0.39 is 9.84 Å². The zero-order valence-electron chi connectivity index (χ0n) is 12.1. The number of hydrogen-bond acceptors (Lipinski definition) is 3. The summed E-state index contributed by atoms with van der Waals surface area (Å²) in [5.74, 6) is -0.238. The summed E-state index contributed by atoms with van der Waals surface area (Å²) in [6.45, 7) is 0.295. The number of carbonyl (C=O) groups is 1. The molecular formula is C16H15ClINO3S. The maximum absolute atomic E-state index is 12.1. The Balaban J connectivity index is 1.87. The molecule has 122 valence electrons. The van der Waals surface area contributed by atoms with Crippen LogP contribution in [0.1, 0.15) is 16.8 Å². The summed E-state index contributed by atoms with van der Waals surface area (Å²) in [7, 11) is -3.31. The van der Waals surface area contributed by atoms with Crippen molar-refractivity contribution in [1.82, 2.24) is 5.32 Å². The molecule has 1 N–H and O–H groups in total. The van der Waals surface area contributed by atoms with Gasteiger partial charge in [0, 0.05) is 15.1 Å². The first-order valence-corrected chi connectivity index (χ1v) is 10.0.